The maximum absolute atomic E-state index is 11.7. The number of benzene rings is 1. The van der Waals surface area contributed by atoms with Crippen LogP contribution in [0.1, 0.15) is 12.0 Å². The Labute approximate surface area is 125 Å². The SMILES string of the molecule is CSC1CC(=O)N1CC(=O)OCc1ccc([N+](=O)[O-])cc1. The van der Waals surface area contributed by atoms with E-state index in [9.17, 15) is 19.7 Å². The molecule has 1 aliphatic rings. The first-order valence-electron chi connectivity index (χ1n) is 6.22. The lowest BCUT2D eigenvalue weighted by atomic mass is 10.2. The van der Waals surface area contributed by atoms with Crippen LogP contribution in [0.15, 0.2) is 24.3 Å². The summed E-state index contributed by atoms with van der Waals surface area (Å²) in [6.45, 7) is -0.0277. The van der Waals surface area contributed by atoms with Gasteiger partial charge in [0, 0.05) is 12.1 Å². The van der Waals surface area contributed by atoms with E-state index in [-0.39, 0.29) is 30.1 Å². The van der Waals surface area contributed by atoms with Crippen LogP contribution in [0.25, 0.3) is 0 Å². The summed E-state index contributed by atoms with van der Waals surface area (Å²) in [5.74, 6) is -0.540. The molecular weight excluding hydrogens is 296 g/mol. The number of amides is 1. The molecule has 0 bridgehead atoms. The number of nitro benzene ring substituents is 1. The number of β-lactam (4-membered cyclic amide) rings is 1. The van der Waals surface area contributed by atoms with E-state index in [1.807, 2.05) is 6.26 Å². The molecule has 8 heteroatoms. The van der Waals surface area contributed by atoms with Gasteiger partial charge in [-0.1, -0.05) is 0 Å². The predicted molar refractivity (Wildman–Crippen MR) is 76.5 cm³/mol. The number of hydrogen-bond acceptors (Lipinski definition) is 6. The fourth-order valence-electron chi connectivity index (χ4n) is 1.89. The van der Waals surface area contributed by atoms with Gasteiger partial charge in [0.2, 0.25) is 5.91 Å². The fourth-order valence-corrected chi connectivity index (χ4v) is 2.64. The summed E-state index contributed by atoms with van der Waals surface area (Å²) in [6, 6.07) is 5.77. The molecule has 0 radical (unpaired) electrons. The highest BCUT2D eigenvalue weighted by Crippen LogP contribution is 2.27. The Balaban J connectivity index is 1.81. The second-order valence-corrected chi connectivity index (χ2v) is 5.52. The van der Waals surface area contributed by atoms with Gasteiger partial charge in [0.05, 0.1) is 16.7 Å². The van der Waals surface area contributed by atoms with Crippen LogP contribution in [0, 0.1) is 10.1 Å². The molecule has 2 rings (SSSR count). The second-order valence-electron chi connectivity index (χ2n) is 4.50. The van der Waals surface area contributed by atoms with Crippen molar-refractivity contribution in [3.05, 3.63) is 39.9 Å². The number of carbonyl (C=O) groups excluding carboxylic acids is 2. The van der Waals surface area contributed by atoms with E-state index >= 15 is 0 Å². The minimum Gasteiger partial charge on any atom is -0.459 e. The van der Waals surface area contributed by atoms with Gasteiger partial charge in [-0.05, 0) is 24.0 Å². The number of thioether (sulfide) groups is 1. The first kappa shape index (κ1) is 15.3. The summed E-state index contributed by atoms with van der Waals surface area (Å²) < 4.78 is 5.06. The monoisotopic (exact) mass is 310 g/mol. The smallest absolute Gasteiger partial charge is 0.326 e. The van der Waals surface area contributed by atoms with E-state index in [4.69, 9.17) is 4.74 Å². The Bertz CT molecular complexity index is 560. The molecular formula is C13H14N2O5S. The molecule has 1 heterocycles. The molecule has 0 spiro atoms. The normalized spacial score (nSPS) is 17.3. The summed E-state index contributed by atoms with van der Waals surface area (Å²) in [5, 5.41) is 10.6. The molecule has 0 aromatic heterocycles. The third-order valence-corrected chi connectivity index (χ3v) is 4.10. The van der Waals surface area contributed by atoms with Crippen molar-refractivity contribution in [1.29, 1.82) is 0 Å². The highest BCUT2D eigenvalue weighted by molar-refractivity contribution is 7.99. The Kier molecular flexibility index (Phi) is 4.79. The van der Waals surface area contributed by atoms with Crippen LogP contribution in [0.2, 0.25) is 0 Å². The average Bonchev–Trinajstić information content (AvgIpc) is 2.48. The summed E-state index contributed by atoms with van der Waals surface area (Å²) in [7, 11) is 0. The molecule has 7 nitrogen and oxygen atoms in total. The second kappa shape index (κ2) is 6.57. The number of nitrogens with zero attached hydrogens (tertiary/aromatic N) is 2. The van der Waals surface area contributed by atoms with Crippen molar-refractivity contribution >= 4 is 29.3 Å². The Morgan fingerprint density at radius 1 is 1.48 bits per heavy atom. The van der Waals surface area contributed by atoms with Crippen molar-refractivity contribution in [1.82, 2.24) is 4.90 Å². The van der Waals surface area contributed by atoms with Crippen molar-refractivity contribution in [2.75, 3.05) is 12.8 Å². The zero-order valence-electron chi connectivity index (χ0n) is 11.4. The summed E-state index contributed by atoms with van der Waals surface area (Å²) in [6.07, 6.45) is 2.34. The van der Waals surface area contributed by atoms with Gasteiger partial charge in [0.1, 0.15) is 13.2 Å². The molecule has 0 aliphatic carbocycles. The van der Waals surface area contributed by atoms with Crippen LogP contribution in [0.3, 0.4) is 0 Å². The van der Waals surface area contributed by atoms with Gasteiger partial charge < -0.3 is 9.64 Å². The molecule has 1 unspecified atom stereocenters. The quantitative estimate of drug-likeness (QED) is 0.343. The number of likely N-dealkylation sites (tertiary alicyclic amines) is 1. The maximum atomic E-state index is 11.7. The van der Waals surface area contributed by atoms with Crippen molar-refractivity contribution in [3.63, 3.8) is 0 Å². The van der Waals surface area contributed by atoms with E-state index in [1.54, 1.807) is 0 Å². The topological polar surface area (TPSA) is 89.8 Å². The number of hydrogen-bond donors (Lipinski definition) is 0. The number of carbonyl (C=O) groups is 2. The van der Waals surface area contributed by atoms with E-state index in [0.717, 1.165) is 0 Å². The lowest BCUT2D eigenvalue weighted by Crippen LogP contribution is -2.52. The lowest BCUT2D eigenvalue weighted by molar-refractivity contribution is -0.384. The van der Waals surface area contributed by atoms with E-state index in [0.29, 0.717) is 12.0 Å². The van der Waals surface area contributed by atoms with Gasteiger partial charge in [0.15, 0.2) is 0 Å². The van der Waals surface area contributed by atoms with E-state index < -0.39 is 10.9 Å². The zero-order chi connectivity index (χ0) is 15.4. The fraction of sp³-hybridized carbons (Fsp3) is 0.385. The summed E-state index contributed by atoms with van der Waals surface area (Å²) in [5.41, 5.74) is 0.643. The number of esters is 1. The molecule has 1 fully saturated rings. The van der Waals surface area contributed by atoms with Crippen molar-refractivity contribution in [2.45, 2.75) is 18.4 Å². The van der Waals surface area contributed by atoms with Crippen molar-refractivity contribution in [2.24, 2.45) is 0 Å². The molecule has 1 saturated heterocycles. The summed E-state index contributed by atoms with van der Waals surface area (Å²) >= 11 is 1.52. The Morgan fingerprint density at radius 3 is 2.67 bits per heavy atom. The average molecular weight is 310 g/mol. The minimum atomic E-state index is -0.492. The van der Waals surface area contributed by atoms with Gasteiger partial charge in [0.25, 0.3) is 5.69 Å². The lowest BCUT2D eigenvalue weighted by Gasteiger charge is -2.38. The third-order valence-electron chi connectivity index (χ3n) is 3.14. The number of ether oxygens (including phenoxy) is 1. The number of nitro groups is 1. The van der Waals surface area contributed by atoms with Crippen molar-refractivity contribution in [3.8, 4) is 0 Å². The van der Waals surface area contributed by atoms with Gasteiger partial charge in [-0.3, -0.25) is 19.7 Å². The van der Waals surface area contributed by atoms with E-state index in [2.05, 4.69) is 0 Å². The minimum absolute atomic E-state index is 0.0148. The molecule has 1 amide bonds. The summed E-state index contributed by atoms with van der Waals surface area (Å²) in [4.78, 5) is 34.5. The molecule has 1 aliphatic heterocycles. The van der Waals surface area contributed by atoms with Crippen LogP contribution in [-0.4, -0.2) is 39.9 Å². The molecule has 1 atom stereocenters. The Hall–Kier alpha value is -2.09. The third kappa shape index (κ3) is 3.72. The molecule has 1 aromatic rings. The molecule has 0 saturated carbocycles. The Morgan fingerprint density at radius 2 is 2.14 bits per heavy atom. The molecule has 21 heavy (non-hydrogen) atoms. The van der Waals surface area contributed by atoms with Crippen LogP contribution in [0.5, 0.6) is 0 Å². The van der Waals surface area contributed by atoms with Crippen LogP contribution in [0.4, 0.5) is 5.69 Å². The molecule has 112 valence electrons. The standard InChI is InChI=1S/C13H14N2O5S/c1-21-12-6-11(16)14(12)7-13(17)20-8-9-2-4-10(5-3-9)15(18)19/h2-5,12H,6-8H2,1H3. The van der Waals surface area contributed by atoms with Crippen LogP contribution in [-0.2, 0) is 20.9 Å². The number of rotatable bonds is 6. The van der Waals surface area contributed by atoms with Crippen molar-refractivity contribution < 1.29 is 19.2 Å². The highest BCUT2D eigenvalue weighted by Gasteiger charge is 2.36. The number of non-ortho nitro benzene ring substituents is 1. The first-order chi connectivity index (χ1) is 10.0. The first-order valence-corrected chi connectivity index (χ1v) is 7.51. The van der Waals surface area contributed by atoms with Gasteiger partial charge >= 0.3 is 5.97 Å². The van der Waals surface area contributed by atoms with Gasteiger partial charge in [-0.2, -0.15) is 0 Å². The van der Waals surface area contributed by atoms with Gasteiger partial charge in [-0.25, -0.2) is 0 Å². The maximum Gasteiger partial charge on any atom is 0.326 e. The van der Waals surface area contributed by atoms with Crippen LogP contribution >= 0.6 is 11.8 Å². The molecule has 0 N–H and O–H groups in total. The zero-order valence-corrected chi connectivity index (χ0v) is 12.2. The van der Waals surface area contributed by atoms with Crippen LogP contribution < -0.4 is 0 Å². The largest absolute Gasteiger partial charge is 0.459 e. The highest BCUT2D eigenvalue weighted by atomic mass is 32.2. The molecule has 1 aromatic carbocycles. The van der Waals surface area contributed by atoms with Gasteiger partial charge in [-0.15, -0.1) is 11.8 Å². The predicted octanol–water partition coefficient (Wildman–Crippen LogP) is 1.56. The van der Waals surface area contributed by atoms with E-state index in [1.165, 1.54) is 40.9 Å².